The third-order valence-electron chi connectivity index (χ3n) is 3.18. The van der Waals surface area contributed by atoms with Crippen LogP contribution in [-0.4, -0.2) is 23.0 Å². The highest BCUT2D eigenvalue weighted by molar-refractivity contribution is 4.91. The van der Waals surface area contributed by atoms with Crippen molar-refractivity contribution in [1.82, 2.24) is 4.90 Å². The van der Waals surface area contributed by atoms with Crippen molar-refractivity contribution in [3.8, 4) is 0 Å². The van der Waals surface area contributed by atoms with E-state index in [-0.39, 0.29) is 0 Å². The maximum absolute atomic E-state index is 2.64. The van der Waals surface area contributed by atoms with Crippen LogP contribution in [0.4, 0.5) is 0 Å². The molecule has 2 atom stereocenters. The van der Waals surface area contributed by atoms with Gasteiger partial charge in [-0.05, 0) is 46.1 Å². The van der Waals surface area contributed by atoms with E-state index in [2.05, 4.69) is 39.5 Å². The van der Waals surface area contributed by atoms with E-state index in [1.807, 2.05) is 0 Å². The van der Waals surface area contributed by atoms with Crippen molar-refractivity contribution in [2.75, 3.05) is 6.54 Å². The molecule has 0 bridgehead atoms. The lowest BCUT2D eigenvalue weighted by molar-refractivity contribution is 0.00747. The monoisotopic (exact) mass is 169 g/mol. The van der Waals surface area contributed by atoms with Gasteiger partial charge in [-0.2, -0.15) is 0 Å². The van der Waals surface area contributed by atoms with Gasteiger partial charge in [0.05, 0.1) is 0 Å². The van der Waals surface area contributed by atoms with Gasteiger partial charge in [0.1, 0.15) is 0 Å². The van der Waals surface area contributed by atoms with Crippen LogP contribution >= 0.6 is 0 Å². The highest BCUT2D eigenvalue weighted by Crippen LogP contribution is 2.35. The molecule has 0 heterocycles. The van der Waals surface area contributed by atoms with E-state index in [1.165, 1.54) is 19.4 Å². The number of hydrogen-bond acceptors (Lipinski definition) is 1. The fourth-order valence-electron chi connectivity index (χ4n) is 2.32. The van der Waals surface area contributed by atoms with Crippen LogP contribution in [0.15, 0.2) is 0 Å². The lowest BCUT2D eigenvalue weighted by atomic mass is 9.78. The van der Waals surface area contributed by atoms with Crippen LogP contribution in [0.25, 0.3) is 0 Å². The highest BCUT2D eigenvalue weighted by atomic mass is 15.2. The lowest BCUT2D eigenvalue weighted by Gasteiger charge is -2.49. The summed E-state index contributed by atoms with van der Waals surface area (Å²) < 4.78 is 0. The van der Waals surface area contributed by atoms with Gasteiger partial charge >= 0.3 is 0 Å². The minimum absolute atomic E-state index is 0.355. The van der Waals surface area contributed by atoms with E-state index in [4.69, 9.17) is 0 Å². The fourth-order valence-corrected chi connectivity index (χ4v) is 2.32. The summed E-state index contributed by atoms with van der Waals surface area (Å²) in [5.74, 6) is 0.921. The van der Waals surface area contributed by atoms with Gasteiger partial charge in [0.25, 0.3) is 0 Å². The van der Waals surface area contributed by atoms with Gasteiger partial charge in [0.2, 0.25) is 0 Å². The molecule has 72 valence electrons. The first-order valence-corrected chi connectivity index (χ1v) is 5.23. The Morgan fingerprint density at radius 1 is 1.25 bits per heavy atom. The minimum atomic E-state index is 0.355. The van der Waals surface area contributed by atoms with Gasteiger partial charge in [-0.1, -0.05) is 13.8 Å². The molecule has 0 aromatic heterocycles. The minimum Gasteiger partial charge on any atom is -0.296 e. The Morgan fingerprint density at radius 3 is 1.92 bits per heavy atom. The first-order valence-electron chi connectivity index (χ1n) is 5.23. The molecule has 1 nitrogen and oxygen atoms in total. The maximum Gasteiger partial charge on any atom is 0.0127 e. The molecular weight excluding hydrogens is 146 g/mol. The molecule has 1 aliphatic carbocycles. The van der Waals surface area contributed by atoms with Crippen LogP contribution < -0.4 is 0 Å². The quantitative estimate of drug-likeness (QED) is 0.614. The molecule has 0 aromatic rings. The van der Waals surface area contributed by atoms with E-state index in [9.17, 15) is 0 Å². The van der Waals surface area contributed by atoms with Crippen LogP contribution in [0.1, 0.15) is 47.5 Å². The van der Waals surface area contributed by atoms with Crippen molar-refractivity contribution in [2.24, 2.45) is 5.92 Å². The van der Waals surface area contributed by atoms with Gasteiger partial charge in [-0.15, -0.1) is 0 Å². The van der Waals surface area contributed by atoms with Crippen LogP contribution in [0.5, 0.6) is 0 Å². The summed E-state index contributed by atoms with van der Waals surface area (Å²) >= 11 is 0. The molecule has 0 aromatic carbocycles. The molecular formula is C11H23N. The Labute approximate surface area is 77.1 Å². The third-order valence-corrected chi connectivity index (χ3v) is 3.18. The van der Waals surface area contributed by atoms with E-state index >= 15 is 0 Å². The van der Waals surface area contributed by atoms with Crippen LogP contribution in [0.3, 0.4) is 0 Å². The standard InChI is InChI=1S/C11H23N/c1-6-12(11(3,4)5)10-8-7-9(10)2/h9-10H,6-8H2,1-5H3. The smallest absolute Gasteiger partial charge is 0.0127 e. The fraction of sp³-hybridized carbons (Fsp3) is 1.00. The summed E-state index contributed by atoms with van der Waals surface area (Å²) in [4.78, 5) is 2.64. The molecule has 0 saturated heterocycles. The predicted octanol–water partition coefficient (Wildman–Crippen LogP) is 2.91. The van der Waals surface area contributed by atoms with Gasteiger partial charge in [0, 0.05) is 11.6 Å². The second kappa shape index (κ2) is 3.37. The summed E-state index contributed by atoms with van der Waals surface area (Å²) in [7, 11) is 0. The zero-order valence-corrected chi connectivity index (χ0v) is 9.22. The molecule has 0 aliphatic heterocycles. The molecule has 12 heavy (non-hydrogen) atoms. The highest BCUT2D eigenvalue weighted by Gasteiger charge is 2.36. The number of rotatable bonds is 2. The van der Waals surface area contributed by atoms with Gasteiger partial charge in [-0.3, -0.25) is 4.90 Å². The Morgan fingerprint density at radius 2 is 1.83 bits per heavy atom. The normalized spacial score (nSPS) is 30.5. The molecule has 1 aliphatic rings. The zero-order valence-electron chi connectivity index (χ0n) is 9.22. The number of hydrogen-bond donors (Lipinski definition) is 0. The molecule has 0 N–H and O–H groups in total. The van der Waals surface area contributed by atoms with Gasteiger partial charge in [-0.25, -0.2) is 0 Å². The Bertz CT molecular complexity index is 146. The average Bonchev–Trinajstić information content (AvgIpc) is 1.94. The van der Waals surface area contributed by atoms with Gasteiger partial charge in [0.15, 0.2) is 0 Å². The van der Waals surface area contributed by atoms with Crippen molar-refractivity contribution < 1.29 is 0 Å². The maximum atomic E-state index is 2.64. The second-order valence-electron chi connectivity index (χ2n) is 5.08. The van der Waals surface area contributed by atoms with Crippen molar-refractivity contribution in [3.63, 3.8) is 0 Å². The lowest BCUT2D eigenvalue weighted by Crippen LogP contribution is -2.54. The Kier molecular flexibility index (Phi) is 2.82. The summed E-state index contributed by atoms with van der Waals surface area (Å²) in [6.07, 6.45) is 2.84. The van der Waals surface area contributed by atoms with E-state index in [1.54, 1.807) is 0 Å². The van der Waals surface area contributed by atoms with E-state index < -0.39 is 0 Å². The molecule has 2 unspecified atom stereocenters. The number of nitrogens with zero attached hydrogens (tertiary/aromatic N) is 1. The van der Waals surface area contributed by atoms with Crippen molar-refractivity contribution in [3.05, 3.63) is 0 Å². The molecule has 1 rings (SSSR count). The SMILES string of the molecule is CCN(C1CCC1C)C(C)(C)C. The molecule has 1 saturated carbocycles. The Balaban J connectivity index is 2.56. The largest absolute Gasteiger partial charge is 0.296 e. The van der Waals surface area contributed by atoms with Crippen molar-refractivity contribution in [1.29, 1.82) is 0 Å². The van der Waals surface area contributed by atoms with Crippen LogP contribution in [-0.2, 0) is 0 Å². The van der Waals surface area contributed by atoms with Crippen LogP contribution in [0, 0.1) is 5.92 Å². The molecule has 1 fully saturated rings. The molecule has 0 radical (unpaired) electrons. The van der Waals surface area contributed by atoms with Crippen molar-refractivity contribution >= 4 is 0 Å². The first-order chi connectivity index (χ1) is 5.46. The third kappa shape index (κ3) is 1.82. The summed E-state index contributed by atoms with van der Waals surface area (Å²) in [6, 6.07) is 0.856. The summed E-state index contributed by atoms with van der Waals surface area (Å²) in [5.41, 5.74) is 0.355. The van der Waals surface area contributed by atoms with E-state index in [0.717, 1.165) is 12.0 Å². The Hall–Kier alpha value is -0.0400. The first kappa shape index (κ1) is 10.0. The second-order valence-corrected chi connectivity index (χ2v) is 5.08. The average molecular weight is 169 g/mol. The topological polar surface area (TPSA) is 3.24 Å². The predicted molar refractivity (Wildman–Crippen MR) is 54.3 cm³/mol. The molecule has 0 spiro atoms. The zero-order chi connectivity index (χ0) is 9.35. The van der Waals surface area contributed by atoms with Gasteiger partial charge < -0.3 is 0 Å². The van der Waals surface area contributed by atoms with Crippen molar-refractivity contribution in [2.45, 2.75) is 59.0 Å². The summed E-state index contributed by atoms with van der Waals surface area (Å²) in [5, 5.41) is 0. The van der Waals surface area contributed by atoms with Crippen LogP contribution in [0.2, 0.25) is 0 Å². The van der Waals surface area contributed by atoms with E-state index in [0.29, 0.717) is 5.54 Å². The molecule has 0 amide bonds. The molecule has 1 heteroatoms. The summed E-state index contributed by atoms with van der Waals surface area (Å²) in [6.45, 7) is 12.8.